The van der Waals surface area contributed by atoms with E-state index in [0.29, 0.717) is 21.8 Å². The van der Waals surface area contributed by atoms with E-state index >= 15 is 0 Å². The van der Waals surface area contributed by atoms with Crippen molar-refractivity contribution in [3.8, 4) is 0 Å². The second kappa shape index (κ2) is 11.1. The van der Waals surface area contributed by atoms with E-state index in [-0.39, 0.29) is 5.85 Å². The SMILES string of the molecule is C=C/C=C(\C=C)COC1PC(OCc2ccccc2)=CC=C1c1ccc(Br)cc1. The molecule has 0 fully saturated rings. The molecule has 0 spiro atoms. The Morgan fingerprint density at radius 2 is 1.79 bits per heavy atom. The summed E-state index contributed by atoms with van der Waals surface area (Å²) in [5.41, 5.74) is 5.41. The third kappa shape index (κ3) is 6.40. The Balaban J connectivity index is 1.77. The molecule has 1 aliphatic rings. The maximum Gasteiger partial charge on any atom is 0.118 e. The quantitative estimate of drug-likeness (QED) is 0.286. The van der Waals surface area contributed by atoms with Gasteiger partial charge < -0.3 is 9.47 Å². The van der Waals surface area contributed by atoms with E-state index < -0.39 is 0 Å². The zero-order valence-corrected chi connectivity index (χ0v) is 18.8. The zero-order chi connectivity index (χ0) is 20.5. The van der Waals surface area contributed by atoms with Crippen LogP contribution in [0.3, 0.4) is 0 Å². The summed E-state index contributed by atoms with van der Waals surface area (Å²) in [4.78, 5) is 0. The highest BCUT2D eigenvalue weighted by atomic mass is 79.9. The Kier molecular flexibility index (Phi) is 8.25. The minimum atomic E-state index is -0.0693. The molecule has 0 bridgehead atoms. The van der Waals surface area contributed by atoms with E-state index in [9.17, 15) is 0 Å². The predicted octanol–water partition coefficient (Wildman–Crippen LogP) is 7.22. The summed E-state index contributed by atoms with van der Waals surface area (Å²) in [7, 11) is 0.391. The fourth-order valence-corrected chi connectivity index (χ4v) is 4.30. The number of hydrogen-bond acceptors (Lipinski definition) is 2. The van der Waals surface area contributed by atoms with Crippen LogP contribution in [0.2, 0.25) is 0 Å². The Bertz CT molecular complexity index is 927. The number of hydrogen-bond donors (Lipinski definition) is 0. The van der Waals surface area contributed by atoms with Crippen molar-refractivity contribution in [3.05, 3.63) is 125 Å². The van der Waals surface area contributed by atoms with Gasteiger partial charge in [0.25, 0.3) is 0 Å². The Hall–Kier alpha value is -2.19. The monoisotopic (exact) mass is 466 g/mol. The van der Waals surface area contributed by atoms with E-state index in [4.69, 9.17) is 9.47 Å². The van der Waals surface area contributed by atoms with Crippen LogP contribution in [0.5, 0.6) is 0 Å². The van der Waals surface area contributed by atoms with Crippen molar-refractivity contribution in [2.24, 2.45) is 0 Å². The maximum absolute atomic E-state index is 6.29. The highest BCUT2D eigenvalue weighted by Crippen LogP contribution is 2.43. The number of allylic oxidation sites excluding steroid dienone is 4. The first kappa shape index (κ1) is 21.5. The molecule has 0 saturated heterocycles. The van der Waals surface area contributed by atoms with Crippen molar-refractivity contribution in [1.82, 2.24) is 0 Å². The lowest BCUT2D eigenvalue weighted by Crippen LogP contribution is -2.14. The first-order valence-electron chi connectivity index (χ1n) is 9.36. The maximum atomic E-state index is 6.29. The van der Waals surface area contributed by atoms with Crippen molar-refractivity contribution in [2.75, 3.05) is 6.61 Å². The molecular formula is C25H24BrO2P. The second-order valence-electron chi connectivity index (χ2n) is 6.45. The number of rotatable bonds is 9. The molecular weight excluding hydrogens is 443 g/mol. The van der Waals surface area contributed by atoms with Crippen LogP contribution in [0.1, 0.15) is 11.1 Å². The van der Waals surface area contributed by atoms with E-state index in [1.165, 1.54) is 0 Å². The molecule has 1 heterocycles. The molecule has 2 aromatic rings. The Morgan fingerprint density at radius 1 is 1.03 bits per heavy atom. The zero-order valence-electron chi connectivity index (χ0n) is 16.2. The molecule has 2 aromatic carbocycles. The van der Waals surface area contributed by atoms with Gasteiger partial charge in [0.1, 0.15) is 18.0 Å². The van der Waals surface area contributed by atoms with Crippen LogP contribution in [0, 0.1) is 0 Å². The van der Waals surface area contributed by atoms with Gasteiger partial charge in [0.15, 0.2) is 0 Å². The average Bonchev–Trinajstić information content (AvgIpc) is 2.76. The summed E-state index contributed by atoms with van der Waals surface area (Å²) < 4.78 is 13.4. The lowest BCUT2D eigenvalue weighted by molar-refractivity contribution is 0.164. The van der Waals surface area contributed by atoms with Gasteiger partial charge in [-0.05, 0) is 49.1 Å². The van der Waals surface area contributed by atoms with Crippen molar-refractivity contribution in [3.63, 3.8) is 0 Å². The normalized spacial score (nSPS) is 17.4. The minimum Gasteiger partial charge on any atom is -0.489 e. The van der Waals surface area contributed by atoms with Gasteiger partial charge in [0.05, 0.1) is 6.61 Å². The van der Waals surface area contributed by atoms with Crippen LogP contribution in [-0.4, -0.2) is 12.5 Å². The van der Waals surface area contributed by atoms with Crippen LogP contribution in [0.15, 0.2) is 114 Å². The number of halogens is 1. The van der Waals surface area contributed by atoms with Gasteiger partial charge >= 0.3 is 0 Å². The molecule has 0 amide bonds. The third-order valence-corrected chi connectivity index (χ3v) is 6.26. The van der Waals surface area contributed by atoms with Crippen LogP contribution in [-0.2, 0) is 16.1 Å². The van der Waals surface area contributed by atoms with Gasteiger partial charge in [-0.3, -0.25) is 0 Å². The minimum absolute atomic E-state index is 0.0693. The summed E-state index contributed by atoms with van der Waals surface area (Å²) >= 11 is 3.50. The first-order chi connectivity index (χ1) is 14.2. The highest BCUT2D eigenvalue weighted by Gasteiger charge is 2.22. The van der Waals surface area contributed by atoms with Gasteiger partial charge in [-0.15, -0.1) is 0 Å². The molecule has 2 atom stereocenters. The topological polar surface area (TPSA) is 18.5 Å². The number of benzene rings is 2. The first-order valence-corrected chi connectivity index (χ1v) is 11.2. The van der Waals surface area contributed by atoms with E-state index in [1.54, 1.807) is 12.2 Å². The average molecular weight is 467 g/mol. The van der Waals surface area contributed by atoms with Gasteiger partial charge in [-0.1, -0.05) is 95.9 Å². The van der Waals surface area contributed by atoms with Crippen molar-refractivity contribution in [1.29, 1.82) is 0 Å². The molecule has 0 N–H and O–H groups in total. The summed E-state index contributed by atoms with van der Waals surface area (Å²) in [5.74, 6) is -0.0693. The number of ether oxygens (including phenoxy) is 2. The molecule has 3 rings (SSSR count). The van der Waals surface area contributed by atoms with E-state index in [1.807, 2.05) is 36.4 Å². The standard InChI is InChI=1S/C25H24BrO2P/c1-3-8-19(4-2)17-28-25-23(21-11-13-22(26)14-12-21)15-16-24(29-25)27-18-20-9-6-5-7-10-20/h3-16,25,29H,1-2,17-18H2/b19-8+. The molecule has 148 valence electrons. The summed E-state index contributed by atoms with van der Waals surface area (Å²) in [6.45, 7) is 8.65. The predicted molar refractivity (Wildman–Crippen MR) is 128 cm³/mol. The lowest BCUT2D eigenvalue weighted by atomic mass is 10.1. The highest BCUT2D eigenvalue weighted by molar-refractivity contribution is 9.10. The molecule has 2 unspecified atom stereocenters. The molecule has 0 saturated carbocycles. The fourth-order valence-electron chi connectivity index (χ4n) is 2.86. The van der Waals surface area contributed by atoms with Crippen molar-refractivity contribution >= 4 is 30.1 Å². The van der Waals surface area contributed by atoms with Gasteiger partial charge in [0, 0.05) is 4.47 Å². The Morgan fingerprint density at radius 3 is 2.48 bits per heavy atom. The van der Waals surface area contributed by atoms with Crippen LogP contribution < -0.4 is 0 Å². The molecule has 2 nitrogen and oxygen atoms in total. The summed E-state index contributed by atoms with van der Waals surface area (Å²) in [5, 5.41) is 0. The molecule has 0 aliphatic carbocycles. The van der Waals surface area contributed by atoms with Gasteiger partial charge in [0.2, 0.25) is 0 Å². The largest absolute Gasteiger partial charge is 0.489 e. The third-order valence-electron chi connectivity index (χ3n) is 4.40. The molecule has 1 aliphatic heterocycles. The fraction of sp³-hybridized carbons (Fsp3) is 0.120. The van der Waals surface area contributed by atoms with Gasteiger partial charge in [-0.25, -0.2) is 0 Å². The molecule has 29 heavy (non-hydrogen) atoms. The molecule has 0 aromatic heterocycles. The molecule has 4 heteroatoms. The lowest BCUT2D eigenvalue weighted by Gasteiger charge is -2.26. The van der Waals surface area contributed by atoms with Crippen LogP contribution >= 0.6 is 24.5 Å². The summed E-state index contributed by atoms with van der Waals surface area (Å²) in [6, 6.07) is 18.5. The van der Waals surface area contributed by atoms with Crippen molar-refractivity contribution < 1.29 is 9.47 Å². The van der Waals surface area contributed by atoms with Crippen molar-refractivity contribution in [2.45, 2.75) is 12.5 Å². The van der Waals surface area contributed by atoms with Crippen LogP contribution in [0.25, 0.3) is 5.57 Å². The van der Waals surface area contributed by atoms with Gasteiger partial charge in [-0.2, -0.15) is 0 Å². The van der Waals surface area contributed by atoms with Crippen LogP contribution in [0.4, 0.5) is 0 Å². The Labute approximate surface area is 183 Å². The van der Waals surface area contributed by atoms with E-state index in [0.717, 1.165) is 32.2 Å². The second-order valence-corrected chi connectivity index (χ2v) is 8.67. The smallest absolute Gasteiger partial charge is 0.118 e. The summed E-state index contributed by atoms with van der Waals surface area (Å²) in [6.07, 6.45) is 9.65. The van der Waals surface area contributed by atoms with E-state index in [2.05, 4.69) is 65.5 Å². The molecule has 0 radical (unpaired) electrons.